The van der Waals surface area contributed by atoms with Crippen LogP contribution >= 0.6 is 11.3 Å². The van der Waals surface area contributed by atoms with Crippen molar-refractivity contribution in [2.75, 3.05) is 20.6 Å². The molecule has 0 spiro atoms. The van der Waals surface area contributed by atoms with Crippen LogP contribution in [0.2, 0.25) is 0 Å². The molecule has 2 aromatic rings. The van der Waals surface area contributed by atoms with Gasteiger partial charge in [-0.05, 0) is 37.9 Å². The predicted molar refractivity (Wildman–Crippen MR) is 96.9 cm³/mol. The second kappa shape index (κ2) is 8.79. The summed E-state index contributed by atoms with van der Waals surface area (Å²) in [6.07, 6.45) is 0.941. The first-order chi connectivity index (χ1) is 11.4. The highest BCUT2D eigenvalue weighted by Gasteiger charge is 2.15. The maximum absolute atomic E-state index is 12.1. The first-order valence-electron chi connectivity index (χ1n) is 8.08. The van der Waals surface area contributed by atoms with Crippen LogP contribution in [0.1, 0.15) is 26.1 Å². The average Bonchev–Trinajstić information content (AvgIpc) is 3.15. The Bertz CT molecular complexity index is 612. The van der Waals surface area contributed by atoms with Crippen LogP contribution < -0.4 is 10.6 Å². The average molecular weight is 350 g/mol. The summed E-state index contributed by atoms with van der Waals surface area (Å²) in [5, 5.41) is 14.9. The van der Waals surface area contributed by atoms with Gasteiger partial charge in [0.1, 0.15) is 5.82 Å². The number of carbonyl (C=O) groups excluding carboxylic acids is 1. The third-order valence-corrected chi connectivity index (χ3v) is 4.23. The van der Waals surface area contributed by atoms with Gasteiger partial charge in [0.05, 0.1) is 11.4 Å². The molecule has 0 bridgehead atoms. The number of carbonyl (C=O) groups is 1. The van der Waals surface area contributed by atoms with E-state index in [1.807, 2.05) is 31.6 Å². The Hall–Kier alpha value is -1.93. The molecule has 0 aliphatic carbocycles. The fourth-order valence-corrected chi connectivity index (χ4v) is 3.14. The topological polar surface area (TPSA) is 85.9 Å². The normalized spacial score (nSPS) is 12.6. The molecule has 132 valence electrons. The van der Waals surface area contributed by atoms with Crippen LogP contribution in [0.4, 0.5) is 4.79 Å². The third kappa shape index (κ3) is 5.93. The van der Waals surface area contributed by atoms with Gasteiger partial charge in [-0.15, -0.1) is 11.3 Å². The largest absolute Gasteiger partial charge is 0.334 e. The van der Waals surface area contributed by atoms with Crippen molar-refractivity contribution in [1.82, 2.24) is 30.7 Å². The van der Waals surface area contributed by atoms with E-state index in [-0.39, 0.29) is 12.1 Å². The highest BCUT2D eigenvalue weighted by Crippen LogP contribution is 2.20. The van der Waals surface area contributed by atoms with Crippen LogP contribution in [0, 0.1) is 5.92 Å². The highest BCUT2D eigenvalue weighted by atomic mass is 32.1. The number of aromatic nitrogens is 3. The summed E-state index contributed by atoms with van der Waals surface area (Å²) in [6.45, 7) is 5.45. The predicted octanol–water partition coefficient (Wildman–Crippen LogP) is 2.31. The summed E-state index contributed by atoms with van der Waals surface area (Å²) in [5.41, 5.74) is 0. The van der Waals surface area contributed by atoms with Gasteiger partial charge in [0.2, 0.25) is 0 Å². The highest BCUT2D eigenvalue weighted by molar-refractivity contribution is 7.13. The zero-order valence-electron chi connectivity index (χ0n) is 14.7. The van der Waals surface area contributed by atoms with Crippen molar-refractivity contribution < 1.29 is 4.79 Å². The van der Waals surface area contributed by atoms with E-state index in [1.165, 1.54) is 0 Å². The minimum Gasteiger partial charge on any atom is -0.334 e. The minimum absolute atomic E-state index is 0.122. The summed E-state index contributed by atoms with van der Waals surface area (Å²) in [4.78, 5) is 19.6. The van der Waals surface area contributed by atoms with E-state index >= 15 is 0 Å². The standard InChI is InChI=1S/C16H26N6OS/c1-11(2)8-12(10-22(3)4)18-16(23)17-9-14-19-15(21-20-14)13-6-5-7-24-13/h5-7,11-12H,8-10H2,1-4H3,(H2,17,18,23)(H,19,20,21). The van der Waals surface area contributed by atoms with Crippen LogP contribution in [0.3, 0.4) is 0 Å². The van der Waals surface area contributed by atoms with Gasteiger partial charge in [-0.2, -0.15) is 5.10 Å². The number of nitrogens with one attached hydrogen (secondary N) is 3. The first-order valence-corrected chi connectivity index (χ1v) is 8.96. The van der Waals surface area contributed by atoms with Crippen LogP contribution in [-0.4, -0.2) is 52.8 Å². The van der Waals surface area contributed by atoms with E-state index in [0.29, 0.717) is 24.1 Å². The second-order valence-electron chi connectivity index (χ2n) is 6.50. The van der Waals surface area contributed by atoms with Crippen molar-refractivity contribution in [2.24, 2.45) is 5.92 Å². The van der Waals surface area contributed by atoms with Gasteiger partial charge in [-0.25, -0.2) is 9.78 Å². The summed E-state index contributed by atoms with van der Waals surface area (Å²) in [7, 11) is 4.01. The van der Waals surface area contributed by atoms with Crippen molar-refractivity contribution >= 4 is 17.4 Å². The van der Waals surface area contributed by atoms with Gasteiger partial charge < -0.3 is 15.5 Å². The van der Waals surface area contributed by atoms with E-state index < -0.39 is 0 Å². The SMILES string of the molecule is CC(C)CC(CN(C)C)NC(=O)NCc1nc(-c2cccs2)n[nH]1. The summed E-state index contributed by atoms with van der Waals surface area (Å²) in [6, 6.07) is 3.87. The van der Waals surface area contributed by atoms with E-state index in [1.54, 1.807) is 11.3 Å². The van der Waals surface area contributed by atoms with Gasteiger partial charge in [0.25, 0.3) is 0 Å². The van der Waals surface area contributed by atoms with Crippen molar-refractivity contribution in [2.45, 2.75) is 32.9 Å². The fraction of sp³-hybridized carbons (Fsp3) is 0.562. The molecule has 0 aliphatic rings. The maximum atomic E-state index is 12.1. The lowest BCUT2D eigenvalue weighted by atomic mass is 10.0. The lowest BCUT2D eigenvalue weighted by Crippen LogP contribution is -2.46. The Morgan fingerprint density at radius 2 is 2.21 bits per heavy atom. The Labute approximate surface area is 146 Å². The number of H-pyrrole nitrogens is 1. The number of likely N-dealkylation sites (N-methyl/N-ethyl adjacent to an activating group) is 1. The van der Waals surface area contributed by atoms with Crippen LogP contribution in [0.5, 0.6) is 0 Å². The number of urea groups is 1. The van der Waals surface area contributed by atoms with Gasteiger partial charge >= 0.3 is 6.03 Å². The zero-order chi connectivity index (χ0) is 17.5. The number of rotatable bonds is 8. The molecular weight excluding hydrogens is 324 g/mol. The van der Waals surface area contributed by atoms with Crippen LogP contribution in [-0.2, 0) is 6.54 Å². The molecule has 0 aromatic carbocycles. The summed E-state index contributed by atoms with van der Waals surface area (Å²) >= 11 is 1.58. The summed E-state index contributed by atoms with van der Waals surface area (Å²) in [5.74, 6) is 1.83. The molecule has 0 saturated heterocycles. The van der Waals surface area contributed by atoms with Crippen molar-refractivity contribution in [3.8, 4) is 10.7 Å². The number of hydrogen-bond acceptors (Lipinski definition) is 5. The monoisotopic (exact) mass is 350 g/mol. The van der Waals surface area contributed by atoms with Gasteiger partial charge in [0, 0.05) is 12.6 Å². The molecule has 2 heterocycles. The summed E-state index contributed by atoms with van der Waals surface area (Å²) < 4.78 is 0. The van der Waals surface area contributed by atoms with E-state index in [9.17, 15) is 4.79 Å². The fourth-order valence-electron chi connectivity index (χ4n) is 2.48. The molecule has 3 N–H and O–H groups in total. The molecule has 0 aliphatic heterocycles. The van der Waals surface area contributed by atoms with Gasteiger partial charge in [-0.3, -0.25) is 5.10 Å². The maximum Gasteiger partial charge on any atom is 0.315 e. The molecule has 24 heavy (non-hydrogen) atoms. The minimum atomic E-state index is -0.184. The van der Waals surface area contributed by atoms with Crippen LogP contribution in [0.15, 0.2) is 17.5 Å². The van der Waals surface area contributed by atoms with Crippen molar-refractivity contribution in [1.29, 1.82) is 0 Å². The molecule has 1 unspecified atom stereocenters. The van der Waals surface area contributed by atoms with Crippen molar-refractivity contribution in [3.63, 3.8) is 0 Å². The molecule has 2 aromatic heterocycles. The second-order valence-corrected chi connectivity index (χ2v) is 7.45. The molecule has 7 nitrogen and oxygen atoms in total. The number of hydrogen-bond donors (Lipinski definition) is 3. The van der Waals surface area contributed by atoms with Crippen LogP contribution in [0.25, 0.3) is 10.7 Å². The molecule has 0 fully saturated rings. The molecule has 0 saturated carbocycles. The van der Waals surface area contributed by atoms with Crippen molar-refractivity contribution in [3.05, 3.63) is 23.3 Å². The lowest BCUT2D eigenvalue weighted by Gasteiger charge is -2.24. The third-order valence-electron chi connectivity index (χ3n) is 3.37. The van der Waals surface area contributed by atoms with Gasteiger partial charge in [0.15, 0.2) is 5.82 Å². The Morgan fingerprint density at radius 1 is 1.42 bits per heavy atom. The first kappa shape index (κ1) is 18.4. The molecule has 2 amide bonds. The molecular formula is C16H26N6OS. The Balaban J connectivity index is 1.83. The number of aromatic amines is 1. The smallest absolute Gasteiger partial charge is 0.315 e. The number of amides is 2. The number of nitrogens with zero attached hydrogens (tertiary/aromatic N) is 3. The van der Waals surface area contributed by atoms with E-state index in [2.05, 4.69) is 44.6 Å². The zero-order valence-corrected chi connectivity index (χ0v) is 15.5. The van der Waals surface area contributed by atoms with Gasteiger partial charge in [-0.1, -0.05) is 19.9 Å². The Kier molecular flexibility index (Phi) is 6.74. The quantitative estimate of drug-likeness (QED) is 0.682. The molecule has 1 atom stereocenters. The van der Waals surface area contributed by atoms with E-state index in [4.69, 9.17) is 0 Å². The molecule has 8 heteroatoms. The Morgan fingerprint density at radius 3 is 2.83 bits per heavy atom. The molecule has 0 radical (unpaired) electrons. The number of thiophene rings is 1. The van der Waals surface area contributed by atoms with E-state index in [0.717, 1.165) is 17.8 Å². The lowest BCUT2D eigenvalue weighted by molar-refractivity contribution is 0.228. The molecule has 2 rings (SSSR count).